The predicted molar refractivity (Wildman–Crippen MR) is 68.2 cm³/mol. The molecule has 94 valence electrons. The van der Waals surface area contributed by atoms with E-state index in [-0.39, 0.29) is 0 Å². The molecule has 0 heterocycles. The van der Waals surface area contributed by atoms with Gasteiger partial charge in [0.2, 0.25) is 0 Å². The molecule has 0 aromatic heterocycles. The molecule has 0 aliphatic heterocycles. The zero-order valence-corrected chi connectivity index (χ0v) is 11.4. The van der Waals surface area contributed by atoms with Crippen LogP contribution in [-0.4, -0.2) is 43.3 Å². The Balaban J connectivity index is 0. The lowest BCUT2D eigenvalue weighted by molar-refractivity contribution is 0.138. The van der Waals surface area contributed by atoms with Crippen LogP contribution in [0.1, 0.15) is 0 Å². The maximum Gasteiger partial charge on any atom is 0.528 e. The van der Waals surface area contributed by atoms with Crippen molar-refractivity contribution in [3.05, 3.63) is 37.6 Å². The molecular weight excluding hydrogens is 224 g/mol. The van der Waals surface area contributed by atoms with Gasteiger partial charge in [0.25, 0.3) is 0 Å². The van der Waals surface area contributed by atoms with Crippen molar-refractivity contribution in [1.29, 1.82) is 0 Å². The van der Waals surface area contributed by atoms with Crippen LogP contribution in [0.2, 0.25) is 0 Å². The van der Waals surface area contributed by atoms with Crippen molar-refractivity contribution < 1.29 is 18.0 Å². The molecule has 0 aromatic carbocycles. The van der Waals surface area contributed by atoms with Crippen LogP contribution in [0.25, 0.3) is 0 Å². The van der Waals surface area contributed by atoms with Gasteiger partial charge in [-0.05, 0) is 5.70 Å². The third-order valence-electron chi connectivity index (χ3n) is 1.57. The van der Waals surface area contributed by atoms with E-state index in [9.17, 15) is 0 Å². The van der Waals surface area contributed by atoms with E-state index in [2.05, 4.69) is 19.7 Å². The Hall–Kier alpha value is -0.723. The largest absolute Gasteiger partial charge is 0.528 e. The van der Waals surface area contributed by atoms with E-state index >= 15 is 0 Å². The van der Waals surface area contributed by atoms with Crippen LogP contribution in [0.15, 0.2) is 37.6 Å². The molecule has 0 spiro atoms. The van der Waals surface area contributed by atoms with Gasteiger partial charge in [0.05, 0.1) is 13.2 Å². The maximum absolute atomic E-state index is 4.96. The Kier molecular flexibility index (Phi) is 13.6. The normalized spacial score (nSPS) is 9.94. The quantitative estimate of drug-likeness (QED) is 0.373. The van der Waals surface area contributed by atoms with Crippen LogP contribution < -0.4 is 0 Å². The second kappa shape index (κ2) is 12.3. The molecular formula is C11H22O4Si. The van der Waals surface area contributed by atoms with Crippen molar-refractivity contribution in [3.8, 4) is 0 Å². The summed E-state index contributed by atoms with van der Waals surface area (Å²) in [6.07, 6.45) is 3.42. The van der Waals surface area contributed by atoms with E-state index in [1.807, 2.05) is 0 Å². The topological polar surface area (TPSA) is 36.9 Å². The minimum atomic E-state index is -2.43. The summed E-state index contributed by atoms with van der Waals surface area (Å²) in [6, 6.07) is 0. The Labute approximate surface area is 99.5 Å². The summed E-state index contributed by atoms with van der Waals surface area (Å²) in [5, 5.41) is 0. The van der Waals surface area contributed by atoms with E-state index in [1.54, 1.807) is 39.2 Å². The number of hydrogen-bond acceptors (Lipinski definition) is 4. The number of ether oxygens (including phenoxy) is 1. The zero-order chi connectivity index (χ0) is 12.9. The molecule has 0 saturated heterocycles. The first kappa shape index (κ1) is 17.7. The second-order valence-electron chi connectivity index (χ2n) is 2.53. The highest BCUT2D eigenvalue weighted by Gasteiger charge is 2.33. The first-order chi connectivity index (χ1) is 7.66. The van der Waals surface area contributed by atoms with Gasteiger partial charge in [-0.2, -0.15) is 0 Å². The number of hydrogen-bond donors (Lipinski definition) is 0. The van der Waals surface area contributed by atoms with Crippen molar-refractivity contribution >= 4 is 8.80 Å². The Bertz CT molecular complexity index is 174. The molecule has 0 aliphatic rings. The molecule has 0 unspecified atom stereocenters. The van der Waals surface area contributed by atoms with Gasteiger partial charge in [-0.1, -0.05) is 18.7 Å². The van der Waals surface area contributed by atoms with Crippen molar-refractivity contribution in [3.63, 3.8) is 0 Å². The monoisotopic (exact) mass is 246 g/mol. The van der Waals surface area contributed by atoms with Crippen molar-refractivity contribution in [1.82, 2.24) is 0 Å². The number of rotatable bonds is 8. The molecule has 0 atom stereocenters. The van der Waals surface area contributed by atoms with E-state index in [4.69, 9.17) is 18.0 Å². The molecule has 5 heteroatoms. The first-order valence-electron chi connectivity index (χ1n) is 4.74. The molecule has 0 saturated carbocycles. The molecule has 0 fully saturated rings. The highest BCUT2D eigenvalue weighted by Crippen LogP contribution is 2.04. The lowest BCUT2D eigenvalue weighted by Crippen LogP contribution is -2.40. The van der Waals surface area contributed by atoms with Gasteiger partial charge in [0.15, 0.2) is 0 Å². The van der Waals surface area contributed by atoms with Crippen LogP contribution in [0.5, 0.6) is 0 Å². The summed E-state index contributed by atoms with van der Waals surface area (Å²) in [4.78, 5) is 0. The Morgan fingerprint density at radius 2 is 1.25 bits per heavy atom. The van der Waals surface area contributed by atoms with Crippen LogP contribution in [0.4, 0.5) is 0 Å². The molecule has 16 heavy (non-hydrogen) atoms. The van der Waals surface area contributed by atoms with Crippen LogP contribution in [0.3, 0.4) is 0 Å². The lowest BCUT2D eigenvalue weighted by Gasteiger charge is -2.19. The molecule has 0 bridgehead atoms. The van der Waals surface area contributed by atoms with Crippen LogP contribution >= 0.6 is 0 Å². The van der Waals surface area contributed by atoms with E-state index < -0.39 is 8.80 Å². The fraction of sp³-hybridized carbons (Fsp3) is 0.455. The average molecular weight is 246 g/mol. The van der Waals surface area contributed by atoms with E-state index in [1.165, 1.54) is 0 Å². The molecule has 0 rings (SSSR count). The van der Waals surface area contributed by atoms with Gasteiger partial charge in [-0.15, -0.1) is 13.2 Å². The van der Waals surface area contributed by atoms with Crippen molar-refractivity contribution in [2.75, 3.05) is 34.5 Å². The van der Waals surface area contributed by atoms with Gasteiger partial charge in [-0.3, -0.25) is 0 Å². The van der Waals surface area contributed by atoms with Crippen LogP contribution in [0, 0.1) is 0 Å². The summed E-state index contributed by atoms with van der Waals surface area (Å²) >= 11 is 0. The standard InChI is InChI=1S/C6H10O.C5H12O3Si/c1-3-5-7-6-4-2;1-5-9(6-2,7-3)8-4/h3-4H,1-2,5-6H2;5H,1H2,2-4H3. The molecule has 0 N–H and O–H groups in total. The van der Waals surface area contributed by atoms with E-state index in [0.717, 1.165) is 0 Å². The van der Waals surface area contributed by atoms with Gasteiger partial charge >= 0.3 is 8.80 Å². The summed E-state index contributed by atoms with van der Waals surface area (Å²) in [5.41, 5.74) is 1.58. The smallest absolute Gasteiger partial charge is 0.374 e. The molecule has 4 nitrogen and oxygen atoms in total. The van der Waals surface area contributed by atoms with Crippen molar-refractivity contribution in [2.45, 2.75) is 0 Å². The molecule has 0 radical (unpaired) electrons. The average Bonchev–Trinajstić information content (AvgIpc) is 2.34. The van der Waals surface area contributed by atoms with Gasteiger partial charge in [-0.25, -0.2) is 0 Å². The summed E-state index contributed by atoms with van der Waals surface area (Å²) in [7, 11) is 2.20. The van der Waals surface area contributed by atoms with Gasteiger partial charge < -0.3 is 18.0 Å². The fourth-order valence-corrected chi connectivity index (χ4v) is 1.73. The molecule has 0 amide bonds. The van der Waals surface area contributed by atoms with Crippen LogP contribution in [-0.2, 0) is 18.0 Å². The SMILES string of the molecule is C=CCOCC=C.C=C[Si](OC)(OC)OC. The second-order valence-corrected chi connectivity index (χ2v) is 5.37. The summed E-state index contributed by atoms with van der Waals surface area (Å²) in [5.74, 6) is 0. The minimum Gasteiger partial charge on any atom is -0.374 e. The van der Waals surface area contributed by atoms with Gasteiger partial charge in [0, 0.05) is 21.3 Å². The first-order valence-corrected chi connectivity index (χ1v) is 6.55. The van der Waals surface area contributed by atoms with Crippen molar-refractivity contribution in [2.24, 2.45) is 0 Å². The third kappa shape index (κ3) is 8.57. The van der Waals surface area contributed by atoms with E-state index in [0.29, 0.717) is 13.2 Å². The molecule has 0 aromatic rings. The lowest BCUT2D eigenvalue weighted by atomic mass is 10.6. The summed E-state index contributed by atoms with van der Waals surface area (Å²) < 4.78 is 19.8. The Morgan fingerprint density at radius 1 is 0.875 bits per heavy atom. The minimum absolute atomic E-state index is 0.617. The zero-order valence-electron chi connectivity index (χ0n) is 10.4. The highest BCUT2D eigenvalue weighted by molar-refractivity contribution is 6.66. The third-order valence-corrected chi connectivity index (χ3v) is 3.78. The fourth-order valence-electron chi connectivity index (χ4n) is 0.735. The maximum atomic E-state index is 4.96. The predicted octanol–water partition coefficient (Wildman–Crippen LogP) is 1.96. The van der Waals surface area contributed by atoms with Gasteiger partial charge in [0.1, 0.15) is 0 Å². The Morgan fingerprint density at radius 3 is 1.38 bits per heavy atom. The highest BCUT2D eigenvalue weighted by atomic mass is 28.4. The summed E-state index contributed by atoms with van der Waals surface area (Å²) in [6.45, 7) is 11.7. The molecule has 0 aliphatic carbocycles.